The number of methoxy groups -OCH3 is 1. The minimum atomic E-state index is 0.639. The minimum absolute atomic E-state index is 0.639. The van der Waals surface area contributed by atoms with Crippen molar-refractivity contribution in [1.82, 2.24) is 10.3 Å². The van der Waals surface area contributed by atoms with Crippen LogP contribution < -0.4 is 10.1 Å². The molecule has 1 aromatic heterocycles. The number of rotatable bonds is 5. The van der Waals surface area contributed by atoms with E-state index in [0.29, 0.717) is 6.04 Å². The van der Waals surface area contributed by atoms with Crippen LogP contribution in [0.15, 0.2) is 18.3 Å². The molecule has 0 aromatic carbocycles. The van der Waals surface area contributed by atoms with Crippen molar-refractivity contribution in [3.8, 4) is 5.88 Å². The van der Waals surface area contributed by atoms with Gasteiger partial charge < -0.3 is 10.1 Å². The first kappa shape index (κ1) is 13.3. The van der Waals surface area contributed by atoms with Crippen molar-refractivity contribution >= 4 is 0 Å². The Bertz CT molecular complexity index is 381. The maximum absolute atomic E-state index is 5.28. The van der Waals surface area contributed by atoms with Crippen LogP contribution in [0.25, 0.3) is 0 Å². The molecule has 0 bridgehead atoms. The standard InChI is InChI=1S/C15H24N2O/c1-4-12-7-8-14(11(12)2)17-10-13-6-5-9-16-15(13)18-3/h5-6,9,11-12,14,17H,4,7-8,10H2,1-3H3. The molecule has 1 saturated carbocycles. The predicted molar refractivity (Wildman–Crippen MR) is 73.6 cm³/mol. The van der Waals surface area contributed by atoms with Crippen molar-refractivity contribution in [2.24, 2.45) is 11.8 Å². The number of pyridine rings is 1. The number of aromatic nitrogens is 1. The number of nitrogens with one attached hydrogen (secondary N) is 1. The molecule has 3 unspecified atom stereocenters. The van der Waals surface area contributed by atoms with E-state index in [1.807, 2.05) is 6.07 Å². The quantitative estimate of drug-likeness (QED) is 0.869. The van der Waals surface area contributed by atoms with Gasteiger partial charge in [0, 0.05) is 24.3 Å². The molecule has 1 aliphatic carbocycles. The van der Waals surface area contributed by atoms with Crippen molar-refractivity contribution in [3.05, 3.63) is 23.9 Å². The summed E-state index contributed by atoms with van der Waals surface area (Å²) < 4.78 is 5.28. The smallest absolute Gasteiger partial charge is 0.217 e. The Morgan fingerprint density at radius 1 is 1.44 bits per heavy atom. The fourth-order valence-electron chi connectivity index (χ4n) is 3.10. The van der Waals surface area contributed by atoms with Crippen LogP contribution in [0.1, 0.15) is 38.7 Å². The molecule has 3 atom stereocenters. The topological polar surface area (TPSA) is 34.2 Å². The fourth-order valence-corrected chi connectivity index (χ4v) is 3.10. The second-order valence-electron chi connectivity index (χ2n) is 5.26. The summed E-state index contributed by atoms with van der Waals surface area (Å²) in [4.78, 5) is 4.23. The van der Waals surface area contributed by atoms with Gasteiger partial charge in [-0.05, 0) is 30.7 Å². The van der Waals surface area contributed by atoms with Gasteiger partial charge in [-0.25, -0.2) is 4.98 Å². The molecule has 3 heteroatoms. The molecule has 0 aliphatic heterocycles. The third kappa shape index (κ3) is 2.83. The van der Waals surface area contributed by atoms with Gasteiger partial charge in [0.05, 0.1) is 7.11 Å². The van der Waals surface area contributed by atoms with Crippen molar-refractivity contribution in [3.63, 3.8) is 0 Å². The van der Waals surface area contributed by atoms with E-state index in [9.17, 15) is 0 Å². The Balaban J connectivity index is 1.92. The van der Waals surface area contributed by atoms with E-state index in [1.54, 1.807) is 13.3 Å². The Morgan fingerprint density at radius 3 is 2.94 bits per heavy atom. The Labute approximate surface area is 110 Å². The monoisotopic (exact) mass is 248 g/mol. The van der Waals surface area contributed by atoms with Gasteiger partial charge in [-0.1, -0.05) is 26.3 Å². The van der Waals surface area contributed by atoms with E-state index in [4.69, 9.17) is 4.74 Å². The van der Waals surface area contributed by atoms with Crippen molar-refractivity contribution in [2.45, 2.75) is 45.7 Å². The van der Waals surface area contributed by atoms with Gasteiger partial charge in [-0.15, -0.1) is 0 Å². The van der Waals surface area contributed by atoms with E-state index < -0.39 is 0 Å². The molecule has 18 heavy (non-hydrogen) atoms. The zero-order chi connectivity index (χ0) is 13.0. The molecule has 0 radical (unpaired) electrons. The van der Waals surface area contributed by atoms with Crippen LogP contribution >= 0.6 is 0 Å². The molecule has 1 aliphatic rings. The average Bonchev–Trinajstić information content (AvgIpc) is 2.77. The summed E-state index contributed by atoms with van der Waals surface area (Å²) in [6, 6.07) is 4.68. The lowest BCUT2D eigenvalue weighted by atomic mass is 9.93. The van der Waals surface area contributed by atoms with Crippen LogP contribution in [-0.4, -0.2) is 18.1 Å². The summed E-state index contributed by atoms with van der Waals surface area (Å²) in [6.45, 7) is 5.52. The van der Waals surface area contributed by atoms with Crippen LogP contribution in [0.2, 0.25) is 0 Å². The van der Waals surface area contributed by atoms with E-state index >= 15 is 0 Å². The minimum Gasteiger partial charge on any atom is -0.481 e. The lowest BCUT2D eigenvalue weighted by Crippen LogP contribution is -2.32. The predicted octanol–water partition coefficient (Wildman–Crippen LogP) is 3.00. The highest BCUT2D eigenvalue weighted by atomic mass is 16.5. The molecule has 3 nitrogen and oxygen atoms in total. The van der Waals surface area contributed by atoms with Crippen molar-refractivity contribution in [1.29, 1.82) is 0 Å². The Kier molecular flexibility index (Phi) is 4.59. The summed E-state index contributed by atoms with van der Waals surface area (Å²) in [5, 5.41) is 3.67. The number of hydrogen-bond acceptors (Lipinski definition) is 3. The SMILES string of the molecule is CCC1CCC(NCc2cccnc2OC)C1C. The number of nitrogens with zero attached hydrogens (tertiary/aromatic N) is 1. The summed E-state index contributed by atoms with van der Waals surface area (Å²) in [5.41, 5.74) is 1.15. The highest BCUT2D eigenvalue weighted by molar-refractivity contribution is 5.25. The molecule has 100 valence electrons. The lowest BCUT2D eigenvalue weighted by molar-refractivity contribution is 0.340. The van der Waals surface area contributed by atoms with E-state index in [1.165, 1.54) is 19.3 Å². The van der Waals surface area contributed by atoms with Crippen LogP contribution in [0.4, 0.5) is 0 Å². The normalized spacial score (nSPS) is 27.4. The van der Waals surface area contributed by atoms with Gasteiger partial charge in [-0.3, -0.25) is 0 Å². The summed E-state index contributed by atoms with van der Waals surface area (Å²) >= 11 is 0. The molecular formula is C15H24N2O. The summed E-state index contributed by atoms with van der Waals surface area (Å²) in [7, 11) is 1.68. The van der Waals surface area contributed by atoms with Crippen molar-refractivity contribution < 1.29 is 4.74 Å². The van der Waals surface area contributed by atoms with Crippen LogP contribution in [-0.2, 0) is 6.54 Å². The van der Waals surface area contributed by atoms with Crippen LogP contribution in [0, 0.1) is 11.8 Å². The first-order valence-corrected chi connectivity index (χ1v) is 6.97. The largest absolute Gasteiger partial charge is 0.481 e. The van der Waals surface area contributed by atoms with Gasteiger partial charge >= 0.3 is 0 Å². The van der Waals surface area contributed by atoms with Gasteiger partial charge in [0.2, 0.25) is 5.88 Å². The highest BCUT2D eigenvalue weighted by Gasteiger charge is 2.30. The summed E-state index contributed by atoms with van der Waals surface area (Å²) in [6.07, 6.45) is 5.73. The zero-order valence-corrected chi connectivity index (χ0v) is 11.6. The van der Waals surface area contributed by atoms with Gasteiger partial charge in [0.25, 0.3) is 0 Å². The van der Waals surface area contributed by atoms with Gasteiger partial charge in [-0.2, -0.15) is 0 Å². The van der Waals surface area contributed by atoms with Crippen LogP contribution in [0.5, 0.6) is 5.88 Å². The molecule has 1 fully saturated rings. The molecule has 1 heterocycles. The van der Waals surface area contributed by atoms with Crippen LogP contribution in [0.3, 0.4) is 0 Å². The first-order chi connectivity index (χ1) is 8.76. The van der Waals surface area contributed by atoms with E-state index in [0.717, 1.165) is 29.8 Å². The maximum atomic E-state index is 5.28. The van der Waals surface area contributed by atoms with E-state index in [-0.39, 0.29) is 0 Å². The molecule has 2 rings (SSSR count). The number of ether oxygens (including phenoxy) is 1. The lowest BCUT2D eigenvalue weighted by Gasteiger charge is -2.21. The molecular weight excluding hydrogens is 224 g/mol. The molecule has 0 amide bonds. The third-order valence-corrected chi connectivity index (χ3v) is 4.35. The zero-order valence-electron chi connectivity index (χ0n) is 11.6. The molecule has 1 N–H and O–H groups in total. The first-order valence-electron chi connectivity index (χ1n) is 6.97. The highest BCUT2D eigenvalue weighted by Crippen LogP contribution is 2.34. The molecule has 0 spiro atoms. The number of hydrogen-bond donors (Lipinski definition) is 1. The Hall–Kier alpha value is -1.09. The average molecular weight is 248 g/mol. The van der Waals surface area contributed by atoms with Crippen molar-refractivity contribution in [2.75, 3.05) is 7.11 Å². The second kappa shape index (κ2) is 6.19. The second-order valence-corrected chi connectivity index (χ2v) is 5.26. The fraction of sp³-hybridized carbons (Fsp3) is 0.667. The van der Waals surface area contributed by atoms with E-state index in [2.05, 4.69) is 30.2 Å². The van der Waals surface area contributed by atoms with Gasteiger partial charge in [0.1, 0.15) is 0 Å². The van der Waals surface area contributed by atoms with Gasteiger partial charge in [0.15, 0.2) is 0 Å². The maximum Gasteiger partial charge on any atom is 0.217 e. The molecule has 1 aromatic rings. The summed E-state index contributed by atoms with van der Waals surface area (Å²) in [5.74, 6) is 2.40. The molecule has 0 saturated heterocycles. The Morgan fingerprint density at radius 2 is 2.28 bits per heavy atom. The third-order valence-electron chi connectivity index (χ3n) is 4.35.